The van der Waals surface area contributed by atoms with Gasteiger partial charge in [0.1, 0.15) is 0 Å². The molecule has 1 aromatic rings. The molecule has 3 rings (SSSR count). The SMILES string of the molecule is CC(C1CC1)N(C)CC(O)c1ccc2c(c1)OCCCO2. The van der Waals surface area contributed by atoms with E-state index in [1.54, 1.807) is 0 Å². The Hall–Kier alpha value is -1.26. The molecular formula is C17H25NO3. The van der Waals surface area contributed by atoms with Crippen LogP contribution in [0.5, 0.6) is 11.5 Å². The fraction of sp³-hybridized carbons (Fsp3) is 0.647. The summed E-state index contributed by atoms with van der Waals surface area (Å²) in [5, 5.41) is 10.5. The second-order valence-corrected chi connectivity index (χ2v) is 6.29. The van der Waals surface area contributed by atoms with E-state index in [2.05, 4.69) is 18.9 Å². The molecule has 1 N–H and O–H groups in total. The van der Waals surface area contributed by atoms with Crippen molar-refractivity contribution in [2.75, 3.05) is 26.8 Å². The number of aliphatic hydroxyl groups excluding tert-OH is 1. The van der Waals surface area contributed by atoms with Crippen molar-refractivity contribution in [3.05, 3.63) is 23.8 Å². The Kier molecular flexibility index (Phi) is 4.36. The number of rotatable bonds is 5. The summed E-state index contributed by atoms with van der Waals surface area (Å²) >= 11 is 0. The zero-order valence-electron chi connectivity index (χ0n) is 12.9. The number of hydrogen-bond acceptors (Lipinski definition) is 4. The van der Waals surface area contributed by atoms with Crippen LogP contribution in [-0.4, -0.2) is 42.9 Å². The number of hydrogen-bond donors (Lipinski definition) is 1. The van der Waals surface area contributed by atoms with Gasteiger partial charge in [0, 0.05) is 19.0 Å². The molecule has 116 valence electrons. The molecule has 0 radical (unpaired) electrons. The summed E-state index contributed by atoms with van der Waals surface area (Å²) < 4.78 is 11.3. The maximum Gasteiger partial charge on any atom is 0.161 e. The summed E-state index contributed by atoms with van der Waals surface area (Å²) in [6.45, 7) is 4.26. The molecule has 1 fully saturated rings. The third kappa shape index (κ3) is 3.50. The smallest absolute Gasteiger partial charge is 0.161 e. The Morgan fingerprint density at radius 3 is 2.67 bits per heavy atom. The molecular weight excluding hydrogens is 266 g/mol. The Morgan fingerprint density at radius 2 is 1.95 bits per heavy atom. The van der Waals surface area contributed by atoms with E-state index in [1.807, 2.05) is 18.2 Å². The molecule has 21 heavy (non-hydrogen) atoms. The summed E-state index contributed by atoms with van der Waals surface area (Å²) in [5.41, 5.74) is 0.897. The summed E-state index contributed by atoms with van der Waals surface area (Å²) in [6.07, 6.45) is 3.05. The molecule has 1 heterocycles. The number of ether oxygens (including phenoxy) is 2. The maximum absolute atomic E-state index is 10.5. The number of fused-ring (bicyclic) bond motifs is 1. The van der Waals surface area contributed by atoms with Crippen molar-refractivity contribution in [3.63, 3.8) is 0 Å². The number of nitrogens with zero attached hydrogens (tertiary/aromatic N) is 1. The lowest BCUT2D eigenvalue weighted by molar-refractivity contribution is 0.102. The van der Waals surface area contributed by atoms with Crippen molar-refractivity contribution in [1.29, 1.82) is 0 Å². The Morgan fingerprint density at radius 1 is 1.24 bits per heavy atom. The van der Waals surface area contributed by atoms with Crippen molar-refractivity contribution in [2.45, 2.75) is 38.3 Å². The molecule has 0 spiro atoms. The molecule has 2 unspecified atom stereocenters. The molecule has 1 aromatic carbocycles. The van der Waals surface area contributed by atoms with Crippen LogP contribution in [0, 0.1) is 5.92 Å². The van der Waals surface area contributed by atoms with Gasteiger partial charge in [-0.2, -0.15) is 0 Å². The molecule has 0 saturated heterocycles. The van der Waals surface area contributed by atoms with Crippen LogP contribution in [-0.2, 0) is 0 Å². The Balaban J connectivity index is 1.66. The zero-order valence-corrected chi connectivity index (χ0v) is 12.9. The van der Waals surface area contributed by atoms with Gasteiger partial charge in [0.25, 0.3) is 0 Å². The highest BCUT2D eigenvalue weighted by molar-refractivity contribution is 5.44. The van der Waals surface area contributed by atoms with Gasteiger partial charge in [0.15, 0.2) is 11.5 Å². The minimum absolute atomic E-state index is 0.492. The van der Waals surface area contributed by atoms with Gasteiger partial charge >= 0.3 is 0 Å². The fourth-order valence-electron chi connectivity index (χ4n) is 2.87. The minimum atomic E-state index is -0.492. The standard InChI is InChI=1S/C17H25NO3/c1-12(13-4-5-13)18(2)11-15(19)14-6-7-16-17(10-14)21-9-3-8-20-16/h6-7,10,12-13,15,19H,3-5,8-9,11H2,1-2H3. The number of likely N-dealkylation sites (N-methyl/N-ethyl adjacent to an activating group) is 1. The van der Waals surface area contributed by atoms with E-state index in [9.17, 15) is 5.11 Å². The van der Waals surface area contributed by atoms with Crippen LogP contribution in [0.3, 0.4) is 0 Å². The van der Waals surface area contributed by atoms with E-state index in [0.29, 0.717) is 25.8 Å². The molecule has 1 aliphatic heterocycles. The second-order valence-electron chi connectivity index (χ2n) is 6.29. The van der Waals surface area contributed by atoms with Crippen molar-refractivity contribution < 1.29 is 14.6 Å². The van der Waals surface area contributed by atoms with Gasteiger partial charge in [-0.05, 0) is 50.4 Å². The molecule has 0 amide bonds. The largest absolute Gasteiger partial charge is 0.490 e. The van der Waals surface area contributed by atoms with E-state index in [0.717, 1.165) is 29.4 Å². The quantitative estimate of drug-likeness (QED) is 0.905. The highest BCUT2D eigenvalue weighted by Crippen LogP contribution is 2.36. The highest BCUT2D eigenvalue weighted by Gasteiger charge is 2.31. The van der Waals surface area contributed by atoms with Crippen molar-refractivity contribution in [2.24, 2.45) is 5.92 Å². The summed E-state index contributed by atoms with van der Waals surface area (Å²) in [5.74, 6) is 2.34. The predicted molar refractivity (Wildman–Crippen MR) is 81.8 cm³/mol. The van der Waals surface area contributed by atoms with Crippen LogP contribution < -0.4 is 9.47 Å². The molecule has 2 atom stereocenters. The van der Waals surface area contributed by atoms with Crippen LogP contribution in [0.1, 0.15) is 37.9 Å². The van der Waals surface area contributed by atoms with Gasteiger partial charge in [-0.15, -0.1) is 0 Å². The second kappa shape index (κ2) is 6.24. The first-order chi connectivity index (χ1) is 10.1. The third-order valence-corrected chi connectivity index (χ3v) is 4.62. The van der Waals surface area contributed by atoms with E-state index in [4.69, 9.17) is 9.47 Å². The normalized spacial score (nSPS) is 21.0. The first-order valence-electron chi connectivity index (χ1n) is 7.93. The van der Waals surface area contributed by atoms with Crippen molar-refractivity contribution in [3.8, 4) is 11.5 Å². The molecule has 4 nitrogen and oxygen atoms in total. The molecule has 1 saturated carbocycles. The van der Waals surface area contributed by atoms with Crippen LogP contribution in [0.2, 0.25) is 0 Å². The van der Waals surface area contributed by atoms with Crippen LogP contribution in [0.15, 0.2) is 18.2 Å². The average Bonchev–Trinajstić information content (AvgIpc) is 3.32. The first-order valence-corrected chi connectivity index (χ1v) is 7.93. The van der Waals surface area contributed by atoms with E-state index in [1.165, 1.54) is 12.8 Å². The van der Waals surface area contributed by atoms with Crippen LogP contribution in [0.4, 0.5) is 0 Å². The number of benzene rings is 1. The summed E-state index contributed by atoms with van der Waals surface area (Å²) in [6, 6.07) is 6.30. The third-order valence-electron chi connectivity index (χ3n) is 4.62. The first kappa shape index (κ1) is 14.7. The molecule has 2 aliphatic rings. The Labute approximate surface area is 126 Å². The fourth-order valence-corrected chi connectivity index (χ4v) is 2.87. The van der Waals surface area contributed by atoms with Gasteiger partial charge in [0.05, 0.1) is 19.3 Å². The molecule has 0 aromatic heterocycles. The Bertz CT molecular complexity index is 487. The van der Waals surface area contributed by atoms with Gasteiger partial charge in [0.2, 0.25) is 0 Å². The predicted octanol–water partition coefficient (Wildman–Crippen LogP) is 2.61. The molecule has 1 aliphatic carbocycles. The van der Waals surface area contributed by atoms with Crippen LogP contribution >= 0.6 is 0 Å². The molecule has 0 bridgehead atoms. The van der Waals surface area contributed by atoms with Gasteiger partial charge < -0.3 is 19.5 Å². The van der Waals surface area contributed by atoms with E-state index >= 15 is 0 Å². The van der Waals surface area contributed by atoms with Gasteiger partial charge in [-0.3, -0.25) is 0 Å². The van der Waals surface area contributed by atoms with Crippen molar-refractivity contribution >= 4 is 0 Å². The average molecular weight is 291 g/mol. The van der Waals surface area contributed by atoms with E-state index in [-0.39, 0.29) is 0 Å². The maximum atomic E-state index is 10.5. The highest BCUT2D eigenvalue weighted by atomic mass is 16.5. The number of aliphatic hydroxyl groups is 1. The lowest BCUT2D eigenvalue weighted by atomic mass is 10.1. The zero-order chi connectivity index (χ0) is 14.8. The van der Waals surface area contributed by atoms with Gasteiger partial charge in [-0.1, -0.05) is 6.07 Å². The summed E-state index contributed by atoms with van der Waals surface area (Å²) in [4.78, 5) is 2.26. The van der Waals surface area contributed by atoms with Gasteiger partial charge in [-0.25, -0.2) is 0 Å². The topological polar surface area (TPSA) is 41.9 Å². The molecule has 4 heteroatoms. The minimum Gasteiger partial charge on any atom is -0.490 e. The monoisotopic (exact) mass is 291 g/mol. The lowest BCUT2D eigenvalue weighted by Gasteiger charge is -2.27. The lowest BCUT2D eigenvalue weighted by Crippen LogP contribution is -2.34. The summed E-state index contributed by atoms with van der Waals surface area (Å²) in [7, 11) is 2.09. The van der Waals surface area contributed by atoms with Crippen molar-refractivity contribution in [1.82, 2.24) is 4.90 Å². The van der Waals surface area contributed by atoms with Crippen LogP contribution in [0.25, 0.3) is 0 Å². The van der Waals surface area contributed by atoms with E-state index < -0.39 is 6.10 Å².